The maximum atomic E-state index is 12.8. The lowest BCUT2D eigenvalue weighted by atomic mass is 9.79. The Bertz CT molecular complexity index is 756. The van der Waals surface area contributed by atoms with Crippen LogP contribution in [0.1, 0.15) is 60.8 Å². The number of hydrogen-bond acceptors (Lipinski definition) is 2. The highest BCUT2D eigenvalue weighted by molar-refractivity contribution is 14.1. The second-order valence-corrected chi connectivity index (χ2v) is 8.45. The molecule has 0 spiro atoms. The van der Waals surface area contributed by atoms with Gasteiger partial charge >= 0.3 is 0 Å². The van der Waals surface area contributed by atoms with Crippen LogP contribution in [0.5, 0.6) is 0 Å². The van der Waals surface area contributed by atoms with Crippen molar-refractivity contribution in [2.45, 2.75) is 45.4 Å². The van der Waals surface area contributed by atoms with Gasteiger partial charge in [-0.2, -0.15) is 5.10 Å². The van der Waals surface area contributed by atoms with Gasteiger partial charge in [0.1, 0.15) is 0 Å². The van der Waals surface area contributed by atoms with E-state index in [9.17, 15) is 4.79 Å². The lowest BCUT2D eigenvalue weighted by Gasteiger charge is -2.25. The van der Waals surface area contributed by atoms with Gasteiger partial charge in [0.25, 0.3) is 0 Å². The highest BCUT2D eigenvalue weighted by Crippen LogP contribution is 2.44. The third-order valence-corrected chi connectivity index (χ3v) is 5.89. The number of nitrogens with zero attached hydrogens (tertiary/aromatic N) is 2. The third kappa shape index (κ3) is 2.75. The Kier molecular flexibility index (Phi) is 3.82. The van der Waals surface area contributed by atoms with Crippen LogP contribution in [0.4, 0.5) is 0 Å². The van der Waals surface area contributed by atoms with Gasteiger partial charge in [-0.05, 0) is 78.0 Å². The zero-order chi connectivity index (χ0) is 16.1. The van der Waals surface area contributed by atoms with Crippen molar-refractivity contribution in [3.05, 3.63) is 44.8 Å². The summed E-state index contributed by atoms with van der Waals surface area (Å²) in [5, 5.41) is 4.89. The van der Waals surface area contributed by atoms with Crippen molar-refractivity contribution in [2.75, 3.05) is 0 Å². The highest BCUT2D eigenvalue weighted by atomic mass is 127. The SMILES string of the molecule is CC(C)C1CC(=O)c2c(C3CC3)nn(-c3ccc(I)cc3)c2C1. The summed E-state index contributed by atoms with van der Waals surface area (Å²) in [6.45, 7) is 4.44. The van der Waals surface area contributed by atoms with Crippen molar-refractivity contribution >= 4 is 28.4 Å². The first-order valence-corrected chi connectivity index (χ1v) is 9.53. The molecule has 23 heavy (non-hydrogen) atoms. The van der Waals surface area contributed by atoms with E-state index < -0.39 is 0 Å². The fraction of sp³-hybridized carbons (Fsp3) is 0.474. The fourth-order valence-electron chi connectivity index (χ4n) is 3.53. The van der Waals surface area contributed by atoms with Crippen LogP contribution in [-0.2, 0) is 6.42 Å². The number of hydrogen-bond donors (Lipinski definition) is 0. The number of Topliss-reactive ketones (excluding diaryl/α,β-unsaturated/α-hetero) is 1. The van der Waals surface area contributed by atoms with E-state index in [-0.39, 0.29) is 0 Å². The van der Waals surface area contributed by atoms with Crippen molar-refractivity contribution < 1.29 is 4.79 Å². The predicted molar refractivity (Wildman–Crippen MR) is 99.2 cm³/mol. The Morgan fingerprint density at radius 1 is 1.17 bits per heavy atom. The summed E-state index contributed by atoms with van der Waals surface area (Å²) in [4.78, 5) is 12.8. The third-order valence-electron chi connectivity index (χ3n) is 5.17. The van der Waals surface area contributed by atoms with E-state index in [0.717, 1.165) is 29.1 Å². The van der Waals surface area contributed by atoms with Crippen LogP contribution in [0.2, 0.25) is 0 Å². The zero-order valence-electron chi connectivity index (χ0n) is 13.6. The fourth-order valence-corrected chi connectivity index (χ4v) is 3.89. The largest absolute Gasteiger partial charge is 0.294 e. The van der Waals surface area contributed by atoms with Crippen LogP contribution in [0.25, 0.3) is 5.69 Å². The van der Waals surface area contributed by atoms with E-state index in [4.69, 9.17) is 5.10 Å². The van der Waals surface area contributed by atoms with E-state index in [1.54, 1.807) is 0 Å². The maximum Gasteiger partial charge on any atom is 0.166 e. The van der Waals surface area contributed by atoms with E-state index in [1.165, 1.54) is 16.4 Å². The first kappa shape index (κ1) is 15.4. The molecule has 0 N–H and O–H groups in total. The summed E-state index contributed by atoms with van der Waals surface area (Å²) in [5.41, 5.74) is 4.22. The molecule has 1 aromatic heterocycles. The first-order valence-electron chi connectivity index (χ1n) is 8.45. The molecule has 1 unspecified atom stereocenters. The minimum absolute atomic E-state index is 0.309. The molecule has 1 heterocycles. The molecule has 2 aliphatic carbocycles. The van der Waals surface area contributed by atoms with Crippen LogP contribution >= 0.6 is 22.6 Å². The summed E-state index contributed by atoms with van der Waals surface area (Å²) in [7, 11) is 0. The summed E-state index contributed by atoms with van der Waals surface area (Å²) >= 11 is 2.32. The van der Waals surface area contributed by atoms with Crippen molar-refractivity contribution in [3.8, 4) is 5.69 Å². The molecule has 0 radical (unpaired) electrons. The predicted octanol–water partition coefficient (Wildman–Crippen LogP) is 4.76. The molecular weight excluding hydrogens is 399 g/mol. The first-order chi connectivity index (χ1) is 11.0. The van der Waals surface area contributed by atoms with E-state index in [0.29, 0.717) is 30.0 Å². The average molecular weight is 420 g/mol. The average Bonchev–Trinajstić information content (AvgIpc) is 3.29. The molecule has 1 aromatic carbocycles. The van der Waals surface area contributed by atoms with Crippen LogP contribution in [-0.4, -0.2) is 15.6 Å². The highest BCUT2D eigenvalue weighted by Gasteiger charge is 2.38. The molecule has 0 amide bonds. The molecular formula is C19H21IN2O. The van der Waals surface area contributed by atoms with Gasteiger partial charge in [-0.15, -0.1) is 0 Å². The Morgan fingerprint density at radius 3 is 2.48 bits per heavy atom. The Morgan fingerprint density at radius 2 is 1.87 bits per heavy atom. The number of aromatic nitrogens is 2. The molecule has 0 bridgehead atoms. The van der Waals surface area contributed by atoms with E-state index in [1.807, 2.05) is 4.68 Å². The second kappa shape index (κ2) is 5.72. The molecule has 2 aliphatic rings. The molecule has 4 heteroatoms. The molecule has 3 nitrogen and oxygen atoms in total. The molecule has 120 valence electrons. The van der Waals surface area contributed by atoms with Crippen LogP contribution in [0.3, 0.4) is 0 Å². The Hall–Kier alpha value is -1.17. The maximum absolute atomic E-state index is 12.8. The lowest BCUT2D eigenvalue weighted by Crippen LogP contribution is -2.25. The van der Waals surface area contributed by atoms with Crippen LogP contribution in [0.15, 0.2) is 24.3 Å². The van der Waals surface area contributed by atoms with Crippen LogP contribution in [0, 0.1) is 15.4 Å². The van der Waals surface area contributed by atoms with Gasteiger partial charge in [0.2, 0.25) is 0 Å². The molecule has 0 saturated heterocycles. The summed E-state index contributed by atoms with van der Waals surface area (Å²) in [6, 6.07) is 8.42. The lowest BCUT2D eigenvalue weighted by molar-refractivity contribution is 0.0931. The molecule has 4 rings (SSSR count). The number of rotatable bonds is 3. The quantitative estimate of drug-likeness (QED) is 0.672. The molecule has 1 fully saturated rings. The van der Waals surface area contributed by atoms with Gasteiger partial charge < -0.3 is 0 Å². The number of halogens is 1. The van der Waals surface area contributed by atoms with Gasteiger partial charge in [-0.25, -0.2) is 4.68 Å². The minimum atomic E-state index is 0.309. The number of ketones is 1. The van der Waals surface area contributed by atoms with Crippen molar-refractivity contribution in [2.24, 2.45) is 11.8 Å². The normalized spacial score (nSPS) is 20.9. The number of carbonyl (C=O) groups excluding carboxylic acids is 1. The number of fused-ring (bicyclic) bond motifs is 1. The minimum Gasteiger partial charge on any atom is -0.294 e. The zero-order valence-corrected chi connectivity index (χ0v) is 15.7. The van der Waals surface area contributed by atoms with Crippen molar-refractivity contribution in [1.82, 2.24) is 9.78 Å². The second-order valence-electron chi connectivity index (χ2n) is 7.20. The van der Waals surface area contributed by atoms with Crippen molar-refractivity contribution in [1.29, 1.82) is 0 Å². The summed E-state index contributed by atoms with van der Waals surface area (Å²) in [6.07, 6.45) is 4.00. The monoisotopic (exact) mass is 420 g/mol. The van der Waals surface area contributed by atoms with Gasteiger partial charge in [0.15, 0.2) is 5.78 Å². The number of carbonyl (C=O) groups is 1. The van der Waals surface area contributed by atoms with E-state index in [2.05, 4.69) is 60.7 Å². The molecule has 2 aromatic rings. The molecule has 1 saturated carbocycles. The Labute approximate surface area is 150 Å². The van der Waals surface area contributed by atoms with E-state index >= 15 is 0 Å². The topological polar surface area (TPSA) is 34.9 Å². The van der Waals surface area contributed by atoms with Crippen molar-refractivity contribution in [3.63, 3.8) is 0 Å². The van der Waals surface area contributed by atoms with Gasteiger partial charge in [0.05, 0.1) is 22.6 Å². The van der Waals surface area contributed by atoms with Crippen LogP contribution < -0.4 is 0 Å². The van der Waals surface area contributed by atoms with Gasteiger partial charge in [-0.1, -0.05) is 13.8 Å². The number of benzene rings is 1. The smallest absolute Gasteiger partial charge is 0.166 e. The molecule has 0 aliphatic heterocycles. The standard InChI is InChI=1S/C19H21IN2O/c1-11(2)13-9-16-18(17(23)10-13)19(12-3-4-12)21-22(16)15-7-5-14(20)6-8-15/h5-8,11-13H,3-4,9-10H2,1-2H3. The van der Waals surface area contributed by atoms with Gasteiger partial charge in [-0.3, -0.25) is 4.79 Å². The Balaban J connectivity index is 1.85. The summed E-state index contributed by atoms with van der Waals surface area (Å²) < 4.78 is 3.26. The van der Waals surface area contributed by atoms with Gasteiger partial charge in [0, 0.05) is 15.9 Å². The summed E-state index contributed by atoms with van der Waals surface area (Å²) in [5.74, 6) is 1.77. The molecule has 1 atom stereocenters.